The van der Waals surface area contributed by atoms with Gasteiger partial charge >= 0.3 is 0 Å². The molecule has 2 rings (SSSR count). The first-order valence-electron chi connectivity index (χ1n) is 4.90. The standard InChI is InChI=1S/C9H12ClN3O2S/c1-13(7-4-5-16(14,15)6-7)9-3-2-8(10)11-12-9/h2-3,7H,4-6H2,1H3. The summed E-state index contributed by atoms with van der Waals surface area (Å²) in [5, 5.41) is 7.98. The van der Waals surface area contributed by atoms with Crippen molar-refractivity contribution in [1.29, 1.82) is 0 Å². The van der Waals surface area contributed by atoms with Gasteiger partial charge in [-0.05, 0) is 18.6 Å². The third kappa shape index (κ3) is 2.44. The van der Waals surface area contributed by atoms with Crippen LogP contribution >= 0.6 is 11.6 Å². The zero-order valence-corrected chi connectivity index (χ0v) is 10.4. The third-order valence-corrected chi connectivity index (χ3v) is 4.69. The first-order valence-corrected chi connectivity index (χ1v) is 7.10. The summed E-state index contributed by atoms with van der Waals surface area (Å²) in [6.45, 7) is 0. The van der Waals surface area contributed by atoms with Gasteiger partial charge in [0.2, 0.25) is 0 Å². The minimum absolute atomic E-state index is 0.0134. The number of nitrogens with zero attached hydrogens (tertiary/aromatic N) is 3. The predicted octanol–water partition coefficient (Wildman–Crippen LogP) is 0.753. The number of anilines is 1. The fourth-order valence-corrected chi connectivity index (χ4v) is 3.64. The molecule has 0 saturated carbocycles. The van der Waals surface area contributed by atoms with E-state index in [1.807, 2.05) is 11.9 Å². The molecule has 0 radical (unpaired) electrons. The largest absolute Gasteiger partial charge is 0.354 e. The molecule has 1 aromatic heterocycles. The summed E-state index contributed by atoms with van der Waals surface area (Å²) in [6.07, 6.45) is 0.642. The van der Waals surface area contributed by atoms with Crippen molar-refractivity contribution < 1.29 is 8.42 Å². The molecule has 1 unspecified atom stereocenters. The normalized spacial score (nSPS) is 23.2. The van der Waals surface area contributed by atoms with E-state index in [0.717, 1.165) is 0 Å². The molecule has 2 heterocycles. The Hall–Kier alpha value is -0.880. The number of hydrogen-bond acceptors (Lipinski definition) is 5. The number of rotatable bonds is 2. The van der Waals surface area contributed by atoms with E-state index in [0.29, 0.717) is 17.4 Å². The van der Waals surface area contributed by atoms with Gasteiger partial charge in [0, 0.05) is 13.1 Å². The molecule has 5 nitrogen and oxygen atoms in total. The lowest BCUT2D eigenvalue weighted by molar-refractivity contribution is 0.600. The van der Waals surface area contributed by atoms with Gasteiger partial charge < -0.3 is 4.90 Å². The minimum Gasteiger partial charge on any atom is -0.354 e. The second-order valence-electron chi connectivity index (χ2n) is 3.88. The van der Waals surface area contributed by atoms with Gasteiger partial charge in [-0.2, -0.15) is 0 Å². The molecular formula is C9H12ClN3O2S. The number of sulfone groups is 1. The minimum atomic E-state index is -2.87. The van der Waals surface area contributed by atoms with Crippen LogP contribution in [-0.2, 0) is 9.84 Å². The monoisotopic (exact) mass is 261 g/mol. The zero-order valence-electron chi connectivity index (χ0n) is 8.80. The molecule has 1 fully saturated rings. The Labute approximate surface area is 99.3 Å². The van der Waals surface area contributed by atoms with Crippen LogP contribution in [0.25, 0.3) is 0 Å². The molecule has 1 saturated heterocycles. The lowest BCUT2D eigenvalue weighted by Crippen LogP contribution is -2.33. The van der Waals surface area contributed by atoms with Crippen molar-refractivity contribution in [2.75, 3.05) is 23.5 Å². The van der Waals surface area contributed by atoms with Crippen molar-refractivity contribution in [1.82, 2.24) is 10.2 Å². The van der Waals surface area contributed by atoms with Gasteiger partial charge in [0.25, 0.3) is 0 Å². The number of halogens is 1. The molecule has 16 heavy (non-hydrogen) atoms. The smallest absolute Gasteiger partial charge is 0.152 e. The Morgan fingerprint density at radius 1 is 1.44 bits per heavy atom. The first kappa shape index (κ1) is 11.6. The van der Waals surface area contributed by atoms with Crippen molar-refractivity contribution in [3.63, 3.8) is 0 Å². The maximum atomic E-state index is 11.3. The summed E-state index contributed by atoms with van der Waals surface area (Å²) in [4.78, 5) is 1.84. The molecule has 88 valence electrons. The molecule has 0 spiro atoms. The molecule has 0 bridgehead atoms. The Bertz CT molecular complexity index is 474. The van der Waals surface area contributed by atoms with Gasteiger partial charge in [0.05, 0.1) is 11.5 Å². The zero-order chi connectivity index (χ0) is 11.8. The Morgan fingerprint density at radius 3 is 2.69 bits per heavy atom. The lowest BCUT2D eigenvalue weighted by atomic mass is 10.2. The summed E-state index contributed by atoms with van der Waals surface area (Å²) in [5.41, 5.74) is 0. The van der Waals surface area contributed by atoms with E-state index in [1.54, 1.807) is 12.1 Å². The quantitative estimate of drug-likeness (QED) is 0.786. The second-order valence-corrected chi connectivity index (χ2v) is 6.50. The van der Waals surface area contributed by atoms with Crippen molar-refractivity contribution in [3.8, 4) is 0 Å². The molecule has 0 aliphatic carbocycles. The summed E-state index contributed by atoms with van der Waals surface area (Å²) in [5.74, 6) is 1.09. The van der Waals surface area contributed by atoms with Crippen LogP contribution in [0, 0.1) is 0 Å². The Balaban J connectivity index is 2.14. The van der Waals surface area contributed by atoms with E-state index >= 15 is 0 Å². The van der Waals surface area contributed by atoms with Crippen LogP contribution in [0.5, 0.6) is 0 Å². The van der Waals surface area contributed by atoms with Crippen LogP contribution in [0.4, 0.5) is 5.82 Å². The van der Waals surface area contributed by atoms with Crippen LogP contribution in [0.15, 0.2) is 12.1 Å². The van der Waals surface area contributed by atoms with Crippen LogP contribution < -0.4 is 4.90 Å². The van der Waals surface area contributed by atoms with Gasteiger partial charge in [-0.25, -0.2) is 8.42 Å². The van der Waals surface area contributed by atoms with Gasteiger partial charge in [-0.3, -0.25) is 0 Å². The predicted molar refractivity (Wildman–Crippen MR) is 62.5 cm³/mol. The van der Waals surface area contributed by atoms with E-state index in [4.69, 9.17) is 11.6 Å². The average molecular weight is 262 g/mol. The van der Waals surface area contributed by atoms with E-state index in [-0.39, 0.29) is 17.5 Å². The van der Waals surface area contributed by atoms with Gasteiger partial charge in [0.1, 0.15) is 0 Å². The van der Waals surface area contributed by atoms with Gasteiger partial charge in [-0.1, -0.05) is 11.6 Å². The molecule has 0 aromatic carbocycles. The van der Waals surface area contributed by atoms with Crippen molar-refractivity contribution in [2.45, 2.75) is 12.5 Å². The fourth-order valence-electron chi connectivity index (χ4n) is 1.76. The highest BCUT2D eigenvalue weighted by molar-refractivity contribution is 7.91. The number of hydrogen-bond donors (Lipinski definition) is 0. The molecule has 1 aliphatic rings. The fraction of sp³-hybridized carbons (Fsp3) is 0.556. The number of aromatic nitrogens is 2. The van der Waals surface area contributed by atoms with Gasteiger partial charge in [0.15, 0.2) is 20.8 Å². The van der Waals surface area contributed by atoms with E-state index in [9.17, 15) is 8.42 Å². The first-order chi connectivity index (χ1) is 7.48. The van der Waals surface area contributed by atoms with Crippen LogP contribution in [0.3, 0.4) is 0 Å². The maximum Gasteiger partial charge on any atom is 0.152 e. The lowest BCUT2D eigenvalue weighted by Gasteiger charge is -2.23. The second kappa shape index (κ2) is 4.18. The van der Waals surface area contributed by atoms with E-state index in [1.165, 1.54) is 0 Å². The summed E-state index contributed by atoms with van der Waals surface area (Å²) in [6, 6.07) is 3.37. The molecule has 7 heteroatoms. The average Bonchev–Trinajstić information content (AvgIpc) is 2.59. The molecule has 1 aliphatic heterocycles. The van der Waals surface area contributed by atoms with Crippen LogP contribution in [0.1, 0.15) is 6.42 Å². The highest BCUT2D eigenvalue weighted by Crippen LogP contribution is 2.21. The Morgan fingerprint density at radius 2 is 2.19 bits per heavy atom. The van der Waals surface area contributed by atoms with Crippen LogP contribution in [-0.4, -0.2) is 43.2 Å². The molecule has 0 N–H and O–H groups in total. The molecule has 1 aromatic rings. The topological polar surface area (TPSA) is 63.2 Å². The Kier molecular flexibility index (Phi) is 3.03. The van der Waals surface area contributed by atoms with E-state index < -0.39 is 9.84 Å². The summed E-state index contributed by atoms with van der Waals surface area (Å²) < 4.78 is 22.7. The molecular weight excluding hydrogens is 250 g/mol. The van der Waals surface area contributed by atoms with Gasteiger partial charge in [-0.15, -0.1) is 10.2 Å². The highest BCUT2D eigenvalue weighted by atomic mass is 35.5. The SMILES string of the molecule is CN(c1ccc(Cl)nn1)C1CCS(=O)(=O)C1. The highest BCUT2D eigenvalue weighted by Gasteiger charge is 2.31. The third-order valence-electron chi connectivity index (χ3n) is 2.74. The van der Waals surface area contributed by atoms with Crippen molar-refractivity contribution in [3.05, 3.63) is 17.3 Å². The summed E-state index contributed by atoms with van der Waals surface area (Å²) >= 11 is 5.63. The maximum absolute atomic E-state index is 11.3. The molecule has 0 amide bonds. The summed E-state index contributed by atoms with van der Waals surface area (Å²) in [7, 11) is -1.05. The molecule has 1 atom stereocenters. The van der Waals surface area contributed by atoms with E-state index in [2.05, 4.69) is 10.2 Å². The van der Waals surface area contributed by atoms with Crippen molar-refractivity contribution >= 4 is 27.3 Å². The van der Waals surface area contributed by atoms with Crippen molar-refractivity contribution in [2.24, 2.45) is 0 Å². The van der Waals surface area contributed by atoms with Crippen LogP contribution in [0.2, 0.25) is 5.15 Å².